The number of nitrogens with one attached hydrogen (secondary N) is 3. The highest BCUT2D eigenvalue weighted by Gasteiger charge is 2.18. The third kappa shape index (κ3) is 3.78. The first-order valence-electron chi connectivity index (χ1n) is 11.4. The van der Waals surface area contributed by atoms with E-state index in [4.69, 9.17) is 9.40 Å². The van der Waals surface area contributed by atoms with Gasteiger partial charge in [0.15, 0.2) is 5.82 Å². The summed E-state index contributed by atoms with van der Waals surface area (Å²) in [6, 6.07) is 8.46. The van der Waals surface area contributed by atoms with Gasteiger partial charge in [-0.25, -0.2) is 9.37 Å². The predicted octanol–water partition coefficient (Wildman–Crippen LogP) is 5.70. The topological polar surface area (TPSA) is 125 Å². The molecular weight excluding hydrogens is 461 g/mol. The van der Waals surface area contributed by atoms with Crippen LogP contribution < -0.4 is 5.32 Å². The van der Waals surface area contributed by atoms with Crippen LogP contribution in [0.4, 0.5) is 10.1 Å². The minimum atomic E-state index is -0.437. The van der Waals surface area contributed by atoms with E-state index in [1.807, 2.05) is 19.1 Å². The fourth-order valence-corrected chi connectivity index (χ4v) is 4.20. The molecule has 0 radical (unpaired) electrons. The summed E-state index contributed by atoms with van der Waals surface area (Å²) in [5, 5.41) is 10.8. The summed E-state index contributed by atoms with van der Waals surface area (Å²) < 4.78 is 20.3. The molecule has 0 aliphatic heterocycles. The molecule has 178 valence electrons. The minimum Gasteiger partial charge on any atom is -0.472 e. The summed E-state index contributed by atoms with van der Waals surface area (Å²) in [6.45, 7) is 1.93. The zero-order valence-corrected chi connectivity index (χ0v) is 19.2. The fraction of sp³-hybridized carbons (Fsp3) is 0.115. The molecular formula is C26H20FN7O2. The summed E-state index contributed by atoms with van der Waals surface area (Å²) in [6.07, 6.45) is 9.12. The Morgan fingerprint density at radius 2 is 2.03 bits per heavy atom. The molecule has 36 heavy (non-hydrogen) atoms. The summed E-state index contributed by atoms with van der Waals surface area (Å²) in [4.78, 5) is 28.7. The fourth-order valence-electron chi connectivity index (χ4n) is 4.20. The van der Waals surface area contributed by atoms with Crippen molar-refractivity contribution in [2.24, 2.45) is 0 Å². The third-order valence-electron chi connectivity index (χ3n) is 5.88. The van der Waals surface area contributed by atoms with Crippen LogP contribution in [-0.4, -0.2) is 36.0 Å². The van der Waals surface area contributed by atoms with E-state index in [-0.39, 0.29) is 5.91 Å². The first-order chi connectivity index (χ1) is 17.6. The molecule has 0 saturated carbocycles. The Hall–Kier alpha value is -4.86. The number of pyridine rings is 2. The molecule has 3 N–H and O–H groups in total. The Kier molecular flexibility index (Phi) is 5.25. The molecule has 10 heteroatoms. The number of anilines is 1. The van der Waals surface area contributed by atoms with E-state index in [9.17, 15) is 4.79 Å². The molecule has 6 rings (SSSR count). The highest BCUT2D eigenvalue weighted by Crippen LogP contribution is 2.34. The molecule has 0 atom stereocenters. The van der Waals surface area contributed by atoms with E-state index in [0.717, 1.165) is 17.5 Å². The standard InChI is InChI=1S/C26H20FN7O2/c1-2-3-22(35)30-16-8-15(11-28-12-16)17-9-18-21(10-19(17)27)33-34-24(18)26-31-20-4-6-29-23(25(20)32-26)14-5-7-36-13-14/h4-13H,2-3H2,1H3,(H,30,35)(H,31,32)(H,33,34). The predicted molar refractivity (Wildman–Crippen MR) is 133 cm³/mol. The SMILES string of the molecule is CCCC(=O)Nc1cncc(-c2cc3c(-c4nc5c(-c6ccoc6)nccc5[nH]4)n[nH]c3cc2F)c1. The van der Waals surface area contributed by atoms with Crippen LogP contribution in [0.15, 0.2) is 65.9 Å². The number of fused-ring (bicyclic) bond motifs is 2. The van der Waals surface area contributed by atoms with Crippen LogP contribution in [0.1, 0.15) is 19.8 Å². The van der Waals surface area contributed by atoms with Gasteiger partial charge in [0.05, 0.1) is 35.4 Å². The normalized spacial score (nSPS) is 11.4. The van der Waals surface area contributed by atoms with E-state index in [1.54, 1.807) is 37.1 Å². The zero-order valence-electron chi connectivity index (χ0n) is 19.2. The third-order valence-corrected chi connectivity index (χ3v) is 5.88. The Labute approximate surface area is 203 Å². The van der Waals surface area contributed by atoms with Crippen molar-refractivity contribution < 1.29 is 13.6 Å². The van der Waals surface area contributed by atoms with Crippen LogP contribution in [-0.2, 0) is 4.79 Å². The Balaban J connectivity index is 1.43. The second-order valence-electron chi connectivity index (χ2n) is 8.36. The lowest BCUT2D eigenvalue weighted by Gasteiger charge is -2.08. The molecule has 5 heterocycles. The summed E-state index contributed by atoms with van der Waals surface area (Å²) in [7, 11) is 0. The van der Waals surface area contributed by atoms with E-state index in [2.05, 4.69) is 30.5 Å². The van der Waals surface area contributed by atoms with Crippen LogP contribution in [0.2, 0.25) is 0 Å². The molecule has 6 aromatic rings. The van der Waals surface area contributed by atoms with Crippen molar-refractivity contribution in [3.63, 3.8) is 0 Å². The van der Waals surface area contributed by atoms with Crippen LogP contribution >= 0.6 is 0 Å². The van der Waals surface area contributed by atoms with Gasteiger partial charge in [-0.15, -0.1) is 0 Å². The van der Waals surface area contributed by atoms with Gasteiger partial charge in [-0.2, -0.15) is 5.10 Å². The molecule has 0 spiro atoms. The molecule has 1 aromatic carbocycles. The van der Waals surface area contributed by atoms with Gasteiger partial charge in [0.2, 0.25) is 5.91 Å². The highest BCUT2D eigenvalue weighted by atomic mass is 19.1. The van der Waals surface area contributed by atoms with Crippen molar-refractivity contribution >= 4 is 33.5 Å². The lowest BCUT2D eigenvalue weighted by atomic mass is 10.0. The smallest absolute Gasteiger partial charge is 0.224 e. The number of imidazole rings is 1. The van der Waals surface area contributed by atoms with Crippen molar-refractivity contribution in [1.29, 1.82) is 0 Å². The van der Waals surface area contributed by atoms with Gasteiger partial charge >= 0.3 is 0 Å². The molecule has 0 aliphatic rings. The number of rotatable bonds is 6. The molecule has 0 fully saturated rings. The number of H-pyrrole nitrogens is 2. The van der Waals surface area contributed by atoms with Crippen molar-refractivity contribution in [2.75, 3.05) is 5.32 Å². The Morgan fingerprint density at radius 3 is 2.86 bits per heavy atom. The van der Waals surface area contributed by atoms with Gasteiger partial charge in [0, 0.05) is 47.0 Å². The number of hydrogen-bond acceptors (Lipinski definition) is 6. The molecule has 1 amide bonds. The zero-order chi connectivity index (χ0) is 24.6. The number of hydrogen-bond donors (Lipinski definition) is 3. The number of halogens is 1. The maximum atomic E-state index is 15.1. The van der Waals surface area contributed by atoms with Gasteiger partial charge in [0.25, 0.3) is 0 Å². The quantitative estimate of drug-likeness (QED) is 0.280. The van der Waals surface area contributed by atoms with Crippen LogP contribution in [0.3, 0.4) is 0 Å². The Morgan fingerprint density at radius 1 is 1.11 bits per heavy atom. The van der Waals surface area contributed by atoms with Crippen molar-refractivity contribution in [2.45, 2.75) is 19.8 Å². The van der Waals surface area contributed by atoms with E-state index in [1.165, 1.54) is 12.3 Å². The van der Waals surface area contributed by atoms with Gasteiger partial charge in [0.1, 0.15) is 22.7 Å². The molecule has 0 aliphatic carbocycles. The van der Waals surface area contributed by atoms with Crippen molar-refractivity contribution in [3.05, 3.63) is 67.3 Å². The summed E-state index contributed by atoms with van der Waals surface area (Å²) in [5.74, 6) is -0.0310. The largest absolute Gasteiger partial charge is 0.472 e. The van der Waals surface area contributed by atoms with Gasteiger partial charge in [-0.1, -0.05) is 6.92 Å². The number of aromatic amines is 2. The first kappa shape index (κ1) is 21.7. The lowest BCUT2D eigenvalue weighted by molar-refractivity contribution is -0.116. The summed E-state index contributed by atoms with van der Waals surface area (Å²) >= 11 is 0. The number of aromatic nitrogens is 6. The van der Waals surface area contributed by atoms with Crippen LogP contribution in [0.5, 0.6) is 0 Å². The van der Waals surface area contributed by atoms with Gasteiger partial charge in [-0.3, -0.25) is 19.9 Å². The number of benzene rings is 1. The average Bonchev–Trinajstić information content (AvgIpc) is 3.62. The highest BCUT2D eigenvalue weighted by molar-refractivity contribution is 5.98. The van der Waals surface area contributed by atoms with Gasteiger partial charge < -0.3 is 14.7 Å². The number of furan rings is 1. The molecule has 0 bridgehead atoms. The maximum absolute atomic E-state index is 15.1. The van der Waals surface area contributed by atoms with Crippen molar-refractivity contribution in [3.8, 4) is 33.9 Å². The average molecular weight is 481 g/mol. The Bertz CT molecular complexity index is 1720. The number of nitrogens with zero attached hydrogens (tertiary/aromatic N) is 4. The number of carbonyl (C=O) groups excluding carboxylic acids is 1. The number of amides is 1. The lowest BCUT2D eigenvalue weighted by Crippen LogP contribution is -2.10. The van der Waals surface area contributed by atoms with Gasteiger partial charge in [-0.05, 0) is 30.7 Å². The molecule has 9 nitrogen and oxygen atoms in total. The second kappa shape index (κ2) is 8.73. The number of carbonyl (C=O) groups is 1. The summed E-state index contributed by atoms with van der Waals surface area (Å²) in [5.41, 5.74) is 5.40. The van der Waals surface area contributed by atoms with Crippen molar-refractivity contribution in [1.82, 2.24) is 30.1 Å². The van der Waals surface area contributed by atoms with Crippen LogP contribution in [0.25, 0.3) is 55.8 Å². The second-order valence-corrected chi connectivity index (χ2v) is 8.36. The molecule has 0 saturated heterocycles. The van der Waals surface area contributed by atoms with E-state index >= 15 is 4.39 Å². The minimum absolute atomic E-state index is 0.112. The molecule has 5 aromatic heterocycles. The molecule has 0 unspecified atom stereocenters. The first-order valence-corrected chi connectivity index (χ1v) is 11.4. The monoisotopic (exact) mass is 481 g/mol. The van der Waals surface area contributed by atoms with Crippen LogP contribution in [0, 0.1) is 5.82 Å². The van der Waals surface area contributed by atoms with E-state index < -0.39 is 5.82 Å². The maximum Gasteiger partial charge on any atom is 0.224 e. The van der Waals surface area contributed by atoms with E-state index in [0.29, 0.717) is 56.9 Å².